The van der Waals surface area contributed by atoms with Crippen LogP contribution in [0.1, 0.15) is 12.8 Å². The van der Waals surface area contributed by atoms with Crippen LogP contribution in [0.15, 0.2) is 47.6 Å². The Morgan fingerprint density at radius 3 is 2.48 bits per heavy atom. The van der Waals surface area contributed by atoms with Gasteiger partial charge in [0.05, 0.1) is 16.4 Å². The number of carbonyl (C=O) groups is 1. The van der Waals surface area contributed by atoms with Gasteiger partial charge in [-0.1, -0.05) is 6.07 Å². The summed E-state index contributed by atoms with van der Waals surface area (Å²) < 4.78 is 41.0. The van der Waals surface area contributed by atoms with Gasteiger partial charge in [0.2, 0.25) is 21.9 Å². The number of fused-ring (bicyclic) bond motifs is 2. The fourth-order valence-electron chi connectivity index (χ4n) is 5.53. The highest BCUT2D eigenvalue weighted by molar-refractivity contribution is 7.89. The van der Waals surface area contributed by atoms with E-state index in [0.29, 0.717) is 45.0 Å². The van der Waals surface area contributed by atoms with Crippen LogP contribution < -0.4 is 4.90 Å². The molecule has 3 fully saturated rings. The number of sulfonamides is 1. The smallest absolute Gasteiger partial charge is 0.243 e. The van der Waals surface area contributed by atoms with Crippen LogP contribution in [-0.2, 0) is 14.8 Å². The monoisotopic (exact) mass is 445 g/mol. The van der Waals surface area contributed by atoms with Crippen molar-refractivity contribution < 1.29 is 17.6 Å². The second-order valence-corrected chi connectivity index (χ2v) is 10.5. The average Bonchev–Trinajstić information content (AvgIpc) is 3.31. The number of nitrogens with zero attached hydrogens (tertiary/aromatic N) is 5. The van der Waals surface area contributed by atoms with E-state index in [-0.39, 0.29) is 28.2 Å². The van der Waals surface area contributed by atoms with Crippen molar-refractivity contribution in [3.63, 3.8) is 0 Å². The van der Waals surface area contributed by atoms with Crippen LogP contribution in [0.3, 0.4) is 0 Å². The van der Waals surface area contributed by atoms with Crippen LogP contribution >= 0.6 is 0 Å². The molecule has 2 aromatic rings. The number of benzene rings is 1. The third-order valence-electron chi connectivity index (χ3n) is 7.18. The number of amides is 1. The average molecular weight is 446 g/mol. The van der Waals surface area contributed by atoms with E-state index in [4.69, 9.17) is 0 Å². The summed E-state index contributed by atoms with van der Waals surface area (Å²) in [6.07, 6.45) is 4.48. The number of piperidine rings is 1. The number of halogens is 1. The van der Waals surface area contributed by atoms with E-state index >= 15 is 0 Å². The maximum Gasteiger partial charge on any atom is 0.243 e. The minimum absolute atomic E-state index is 0.0366. The summed E-state index contributed by atoms with van der Waals surface area (Å²) in [5.74, 6) is 0.0965. The number of hydrogen-bond donors (Lipinski definition) is 0. The lowest BCUT2D eigenvalue weighted by atomic mass is 9.75. The lowest BCUT2D eigenvalue weighted by Gasteiger charge is -2.46. The Morgan fingerprint density at radius 2 is 1.81 bits per heavy atom. The third-order valence-corrected chi connectivity index (χ3v) is 9.08. The molecule has 3 saturated heterocycles. The molecule has 0 unspecified atom stereocenters. The molecule has 3 aliphatic heterocycles. The first-order valence-electron chi connectivity index (χ1n) is 10.4. The van der Waals surface area contributed by atoms with Gasteiger partial charge in [-0.05, 0) is 37.1 Å². The zero-order valence-corrected chi connectivity index (χ0v) is 18.0. The third kappa shape index (κ3) is 3.11. The standard InChI is InChI=1S/C21H24FN5O3S/c1-25-19(28)17-13-26(20-23-8-3-9-24-20)14-18(17)21(25)6-10-27(11-7-21)31(29,30)16-5-2-4-15(22)12-16/h2-5,8-9,12,17-18H,6-7,10-11,13-14H2,1H3/t17-,18+/m0/s1. The zero-order chi connectivity index (χ0) is 21.8. The number of aromatic nitrogens is 2. The molecular weight excluding hydrogens is 421 g/mol. The van der Waals surface area contributed by atoms with Gasteiger partial charge < -0.3 is 9.80 Å². The van der Waals surface area contributed by atoms with Crippen molar-refractivity contribution >= 4 is 21.9 Å². The summed E-state index contributed by atoms with van der Waals surface area (Å²) in [4.78, 5) is 25.6. The van der Waals surface area contributed by atoms with E-state index in [1.807, 2.05) is 11.9 Å². The molecule has 164 valence electrons. The Labute approximate surface area is 180 Å². The largest absolute Gasteiger partial charge is 0.340 e. The van der Waals surface area contributed by atoms with Gasteiger partial charge in [-0.15, -0.1) is 0 Å². The molecule has 8 nitrogen and oxygen atoms in total. The second kappa shape index (κ2) is 7.23. The molecular formula is C21H24FN5O3S. The van der Waals surface area contributed by atoms with Crippen LogP contribution in [0.2, 0.25) is 0 Å². The quantitative estimate of drug-likeness (QED) is 0.709. The number of carbonyl (C=O) groups excluding carboxylic acids is 1. The van der Waals surface area contributed by atoms with Gasteiger partial charge in [0.25, 0.3) is 0 Å². The fourth-order valence-corrected chi connectivity index (χ4v) is 7.00. The summed E-state index contributed by atoms with van der Waals surface area (Å²) >= 11 is 0. The van der Waals surface area contributed by atoms with E-state index in [1.165, 1.54) is 22.5 Å². The van der Waals surface area contributed by atoms with Crippen molar-refractivity contribution in [2.75, 3.05) is 38.1 Å². The highest BCUT2D eigenvalue weighted by Crippen LogP contribution is 2.49. The Balaban J connectivity index is 1.37. The molecule has 0 bridgehead atoms. The van der Waals surface area contributed by atoms with E-state index in [2.05, 4.69) is 14.9 Å². The summed E-state index contributed by atoms with van der Waals surface area (Å²) in [6.45, 7) is 1.83. The van der Waals surface area contributed by atoms with Crippen molar-refractivity contribution in [2.24, 2.45) is 11.8 Å². The maximum absolute atomic E-state index is 13.6. The molecule has 2 atom stereocenters. The van der Waals surface area contributed by atoms with E-state index in [9.17, 15) is 17.6 Å². The van der Waals surface area contributed by atoms with Crippen molar-refractivity contribution in [3.05, 3.63) is 48.5 Å². The van der Waals surface area contributed by atoms with E-state index < -0.39 is 15.8 Å². The van der Waals surface area contributed by atoms with Crippen molar-refractivity contribution in [1.29, 1.82) is 0 Å². The number of hydrogen-bond acceptors (Lipinski definition) is 6. The van der Waals surface area contributed by atoms with Crippen LogP contribution in [-0.4, -0.2) is 72.3 Å². The zero-order valence-electron chi connectivity index (χ0n) is 17.2. The first-order valence-corrected chi connectivity index (χ1v) is 11.8. The molecule has 1 aromatic heterocycles. The molecule has 0 radical (unpaired) electrons. The molecule has 10 heteroatoms. The molecule has 4 heterocycles. The van der Waals surface area contributed by atoms with Gasteiger partial charge in [-0.25, -0.2) is 22.8 Å². The SMILES string of the molecule is CN1C(=O)[C@H]2CN(c3ncccn3)C[C@H]2C12CCN(S(=O)(=O)c1cccc(F)c1)CC2. The fraction of sp³-hybridized carbons (Fsp3) is 0.476. The van der Waals surface area contributed by atoms with Crippen LogP contribution in [0.25, 0.3) is 0 Å². The van der Waals surface area contributed by atoms with Crippen LogP contribution in [0.4, 0.5) is 10.3 Å². The van der Waals surface area contributed by atoms with Gasteiger partial charge in [-0.2, -0.15) is 4.31 Å². The molecule has 3 aliphatic rings. The Bertz CT molecular complexity index is 1110. The van der Waals surface area contributed by atoms with E-state index in [1.54, 1.807) is 18.5 Å². The minimum atomic E-state index is -3.78. The highest BCUT2D eigenvalue weighted by atomic mass is 32.2. The molecule has 1 aromatic carbocycles. The van der Waals surface area contributed by atoms with Crippen molar-refractivity contribution in [3.8, 4) is 0 Å². The summed E-state index contributed by atoms with van der Waals surface area (Å²) in [7, 11) is -1.94. The molecule has 0 N–H and O–H groups in total. The van der Waals surface area contributed by atoms with Gasteiger partial charge in [-0.3, -0.25) is 4.79 Å². The molecule has 1 spiro atoms. The maximum atomic E-state index is 13.6. The highest BCUT2D eigenvalue weighted by Gasteiger charge is 2.61. The van der Waals surface area contributed by atoms with Crippen molar-refractivity contribution in [1.82, 2.24) is 19.2 Å². The van der Waals surface area contributed by atoms with Crippen LogP contribution in [0.5, 0.6) is 0 Å². The molecule has 1 amide bonds. The minimum Gasteiger partial charge on any atom is -0.340 e. The predicted octanol–water partition coefficient (Wildman–Crippen LogP) is 1.36. The Morgan fingerprint density at radius 1 is 1.10 bits per heavy atom. The summed E-state index contributed by atoms with van der Waals surface area (Å²) in [6, 6.07) is 6.86. The summed E-state index contributed by atoms with van der Waals surface area (Å²) in [5, 5.41) is 0. The van der Waals surface area contributed by atoms with E-state index in [0.717, 1.165) is 6.07 Å². The Kier molecular flexibility index (Phi) is 4.74. The Hall–Kier alpha value is -2.59. The van der Waals surface area contributed by atoms with Crippen LogP contribution in [0, 0.1) is 17.7 Å². The first kappa shape index (κ1) is 20.3. The normalized spacial score (nSPS) is 25.9. The molecule has 0 saturated carbocycles. The second-order valence-electron chi connectivity index (χ2n) is 8.53. The van der Waals surface area contributed by atoms with Gasteiger partial charge in [0, 0.05) is 51.5 Å². The molecule has 31 heavy (non-hydrogen) atoms. The van der Waals surface area contributed by atoms with Crippen molar-refractivity contribution in [2.45, 2.75) is 23.3 Å². The number of anilines is 1. The van der Waals surface area contributed by atoms with Gasteiger partial charge >= 0.3 is 0 Å². The lowest BCUT2D eigenvalue weighted by Crippen LogP contribution is -2.56. The molecule has 0 aliphatic carbocycles. The van der Waals surface area contributed by atoms with Gasteiger partial charge in [0.15, 0.2) is 0 Å². The first-order chi connectivity index (χ1) is 14.8. The predicted molar refractivity (Wildman–Crippen MR) is 111 cm³/mol. The lowest BCUT2D eigenvalue weighted by molar-refractivity contribution is -0.132. The number of rotatable bonds is 3. The topological polar surface area (TPSA) is 86.7 Å². The molecule has 5 rings (SSSR count). The van der Waals surface area contributed by atoms with Gasteiger partial charge in [0.1, 0.15) is 5.82 Å². The summed E-state index contributed by atoms with van der Waals surface area (Å²) in [5.41, 5.74) is -0.390. The number of likely N-dealkylation sites (tertiary alicyclic amines) is 1.